The summed E-state index contributed by atoms with van der Waals surface area (Å²) in [6.07, 6.45) is 13.6. The van der Waals surface area contributed by atoms with Crippen molar-refractivity contribution in [2.24, 2.45) is 5.73 Å². The number of nitrogens with two attached hydrogens (primary N) is 1. The van der Waals surface area contributed by atoms with Crippen molar-refractivity contribution in [1.29, 1.82) is 5.41 Å². The number of carbonyl (C=O) groups is 1. The van der Waals surface area contributed by atoms with Crippen LogP contribution in [0.1, 0.15) is 84.0 Å². The van der Waals surface area contributed by atoms with E-state index in [0.717, 1.165) is 12.8 Å². The maximum atomic E-state index is 11.9. The van der Waals surface area contributed by atoms with E-state index >= 15 is 0 Å². The molecule has 0 aromatic carbocycles. The molecule has 0 aliphatic carbocycles. The number of amides is 1. The number of halogens is 1. The van der Waals surface area contributed by atoms with Gasteiger partial charge < -0.3 is 16.4 Å². The Kier molecular flexibility index (Phi) is 20.6. The summed E-state index contributed by atoms with van der Waals surface area (Å²) in [7, 11) is 0. The Morgan fingerprint density at radius 3 is 2.00 bits per heavy atom. The number of nitrogens with zero attached hydrogens (tertiary/aromatic N) is 1. The summed E-state index contributed by atoms with van der Waals surface area (Å²) in [4.78, 5) is 22.0. The largest absolute Gasteiger partial charge is 0.355 e. The van der Waals surface area contributed by atoms with Crippen molar-refractivity contribution in [1.82, 2.24) is 16.1 Å². The highest BCUT2D eigenvalue weighted by molar-refractivity contribution is 5.85. The molecule has 0 radical (unpaired) electrons. The summed E-state index contributed by atoms with van der Waals surface area (Å²) in [5.41, 5.74) is 7.53. The number of guanidine groups is 1. The molecule has 6 N–H and O–H groups in total. The van der Waals surface area contributed by atoms with Gasteiger partial charge in [0.15, 0.2) is 5.03 Å². The number of hydrazine groups is 1. The van der Waals surface area contributed by atoms with Crippen LogP contribution in [0.2, 0.25) is 0 Å². The third-order valence-electron chi connectivity index (χ3n) is 4.36. The monoisotopic (exact) mass is 422 g/mol. The van der Waals surface area contributed by atoms with Crippen LogP contribution < -0.4 is 21.8 Å². The zero-order chi connectivity index (χ0) is 20.3. The molecule has 1 unspecified atom stereocenters. The number of rotatable bonds is 17. The van der Waals surface area contributed by atoms with Crippen LogP contribution in [0.15, 0.2) is 0 Å². The van der Waals surface area contributed by atoms with Gasteiger partial charge in [-0.2, -0.15) is 0 Å². The SMILES string of the molecule is CCCCCCCCCCCCNC(=O)C(N)CCCNC(=N)N[N+](=O)[O-].Cl. The van der Waals surface area contributed by atoms with Crippen molar-refractivity contribution in [3.8, 4) is 0 Å². The molecule has 0 saturated heterocycles. The highest BCUT2D eigenvalue weighted by Gasteiger charge is 2.12. The van der Waals surface area contributed by atoms with Crippen LogP contribution in [-0.4, -0.2) is 36.0 Å². The number of hydrogen-bond donors (Lipinski definition) is 5. The second-order valence-corrected chi connectivity index (χ2v) is 6.89. The van der Waals surface area contributed by atoms with Gasteiger partial charge in [0.2, 0.25) is 5.91 Å². The molecule has 1 amide bonds. The number of hydrogen-bond acceptors (Lipinski definition) is 5. The Bertz CT molecular complexity index is 426. The van der Waals surface area contributed by atoms with Gasteiger partial charge in [0.1, 0.15) is 0 Å². The number of nitro groups is 1. The van der Waals surface area contributed by atoms with E-state index in [0.29, 0.717) is 25.9 Å². The molecule has 0 bridgehead atoms. The lowest BCUT2D eigenvalue weighted by molar-refractivity contribution is -0.525. The van der Waals surface area contributed by atoms with Gasteiger partial charge >= 0.3 is 0 Å². The lowest BCUT2D eigenvalue weighted by atomic mass is 10.1. The van der Waals surface area contributed by atoms with Crippen molar-refractivity contribution in [3.05, 3.63) is 10.1 Å². The number of carbonyl (C=O) groups excluding carboxylic acids is 1. The van der Waals surface area contributed by atoms with Gasteiger partial charge in [-0.1, -0.05) is 70.1 Å². The molecule has 0 aliphatic rings. The third-order valence-corrected chi connectivity index (χ3v) is 4.36. The van der Waals surface area contributed by atoms with Gasteiger partial charge in [-0.15, -0.1) is 12.4 Å². The first-order valence-corrected chi connectivity index (χ1v) is 10.2. The van der Waals surface area contributed by atoms with Crippen LogP contribution in [0.3, 0.4) is 0 Å². The normalized spacial score (nSPS) is 11.2. The van der Waals surface area contributed by atoms with Crippen LogP contribution in [0, 0.1) is 15.5 Å². The summed E-state index contributed by atoms with van der Waals surface area (Å²) >= 11 is 0. The smallest absolute Gasteiger partial charge is 0.251 e. The maximum Gasteiger partial charge on any atom is 0.251 e. The summed E-state index contributed by atoms with van der Waals surface area (Å²) in [6.45, 7) is 3.23. The highest BCUT2D eigenvalue weighted by Crippen LogP contribution is 2.10. The second-order valence-electron chi connectivity index (χ2n) is 6.89. The molecule has 9 nitrogen and oxygen atoms in total. The first-order valence-electron chi connectivity index (χ1n) is 10.2. The van der Waals surface area contributed by atoms with Crippen molar-refractivity contribution >= 4 is 24.3 Å². The van der Waals surface area contributed by atoms with Crippen LogP contribution in [-0.2, 0) is 4.79 Å². The highest BCUT2D eigenvalue weighted by atomic mass is 35.5. The third kappa shape index (κ3) is 19.2. The van der Waals surface area contributed by atoms with Gasteiger partial charge in [-0.3, -0.25) is 10.2 Å². The van der Waals surface area contributed by atoms with Crippen LogP contribution >= 0.6 is 12.4 Å². The second kappa shape index (κ2) is 20.1. The van der Waals surface area contributed by atoms with Crippen LogP contribution in [0.4, 0.5) is 0 Å². The maximum absolute atomic E-state index is 11.9. The van der Waals surface area contributed by atoms with Gasteiger partial charge in [-0.05, 0) is 19.3 Å². The van der Waals surface area contributed by atoms with Crippen LogP contribution in [0.25, 0.3) is 0 Å². The standard InChI is InChI=1S/C18H38N6O3.ClH/c1-2-3-4-5-6-7-8-9-10-11-14-21-17(25)16(19)13-12-15-22-18(20)23-24(26)27;/h16H,2-15,19H2,1H3,(H,21,25)(H3,20,22,23);1H. The zero-order valence-corrected chi connectivity index (χ0v) is 18.0. The predicted octanol–water partition coefficient (Wildman–Crippen LogP) is 2.86. The zero-order valence-electron chi connectivity index (χ0n) is 17.1. The molecule has 0 fully saturated rings. The van der Waals surface area contributed by atoms with E-state index in [1.807, 2.05) is 0 Å². The van der Waals surface area contributed by atoms with Crippen molar-refractivity contribution in [3.63, 3.8) is 0 Å². The molecule has 0 aliphatic heterocycles. The molecule has 1 atom stereocenters. The summed E-state index contributed by atoms with van der Waals surface area (Å²) in [5.74, 6) is -0.539. The van der Waals surface area contributed by atoms with Crippen molar-refractivity contribution in [2.45, 2.75) is 90.0 Å². The number of nitrogens with one attached hydrogen (secondary N) is 4. The Labute approximate surface area is 175 Å². The minimum Gasteiger partial charge on any atom is -0.355 e. The predicted molar refractivity (Wildman–Crippen MR) is 115 cm³/mol. The fourth-order valence-electron chi connectivity index (χ4n) is 2.75. The van der Waals surface area contributed by atoms with Gasteiger partial charge in [0, 0.05) is 13.1 Å². The topological polar surface area (TPSA) is 146 Å². The Hall–Kier alpha value is -1.61. The summed E-state index contributed by atoms with van der Waals surface area (Å²) in [6, 6.07) is -0.590. The lowest BCUT2D eigenvalue weighted by Gasteiger charge is -2.12. The van der Waals surface area contributed by atoms with Crippen molar-refractivity contribution < 1.29 is 9.83 Å². The van der Waals surface area contributed by atoms with Gasteiger partial charge in [0.25, 0.3) is 5.96 Å². The van der Waals surface area contributed by atoms with E-state index in [4.69, 9.17) is 11.1 Å². The first-order chi connectivity index (χ1) is 13.0. The summed E-state index contributed by atoms with van der Waals surface area (Å²) in [5, 5.41) is 21.9. The van der Waals surface area contributed by atoms with Crippen molar-refractivity contribution in [2.75, 3.05) is 13.1 Å². The minimum absolute atomic E-state index is 0. The average Bonchev–Trinajstić information content (AvgIpc) is 2.62. The van der Waals surface area contributed by atoms with E-state index in [2.05, 4.69) is 17.6 Å². The van der Waals surface area contributed by atoms with E-state index in [-0.39, 0.29) is 24.3 Å². The first kappa shape index (κ1) is 28.6. The van der Waals surface area contributed by atoms with E-state index in [9.17, 15) is 14.9 Å². The molecular weight excluding hydrogens is 384 g/mol. The van der Waals surface area contributed by atoms with E-state index in [1.165, 1.54) is 51.4 Å². The lowest BCUT2D eigenvalue weighted by Crippen LogP contribution is -2.42. The Morgan fingerprint density at radius 2 is 1.46 bits per heavy atom. The average molecular weight is 423 g/mol. The van der Waals surface area contributed by atoms with Gasteiger partial charge in [-0.25, -0.2) is 10.1 Å². The molecule has 0 heterocycles. The fraction of sp³-hybridized carbons (Fsp3) is 0.889. The molecule has 10 heteroatoms. The minimum atomic E-state index is -0.803. The fourth-order valence-corrected chi connectivity index (χ4v) is 2.75. The van der Waals surface area contributed by atoms with E-state index < -0.39 is 11.1 Å². The van der Waals surface area contributed by atoms with Crippen LogP contribution in [0.5, 0.6) is 0 Å². The molecule has 166 valence electrons. The van der Waals surface area contributed by atoms with E-state index in [1.54, 1.807) is 5.43 Å². The Balaban J connectivity index is 0. The quantitative estimate of drug-likeness (QED) is 0.0800. The molecule has 0 saturated carbocycles. The molecular formula is C18H39ClN6O3. The molecule has 28 heavy (non-hydrogen) atoms. The molecule has 0 rings (SSSR count). The molecule has 0 aromatic rings. The molecule has 0 aromatic heterocycles. The number of unbranched alkanes of at least 4 members (excludes halogenated alkanes) is 9. The molecule has 0 spiro atoms. The Morgan fingerprint density at radius 1 is 0.964 bits per heavy atom. The summed E-state index contributed by atoms with van der Waals surface area (Å²) < 4.78 is 0. The van der Waals surface area contributed by atoms with Gasteiger partial charge in [0.05, 0.1) is 6.04 Å².